The molecule has 1 aliphatic rings. The predicted molar refractivity (Wildman–Crippen MR) is 95.9 cm³/mol. The minimum atomic E-state index is -4.51. The average Bonchev–Trinajstić information content (AvgIpc) is 3.18. The molecule has 0 saturated carbocycles. The van der Waals surface area contributed by atoms with E-state index in [2.05, 4.69) is 10.4 Å². The Morgan fingerprint density at radius 2 is 1.92 bits per heavy atom. The quantitative estimate of drug-likeness (QED) is 0.640. The standard InChI is InChI=1S/C19H15ClF3N3/c1-11-4-2-3-5-16(11)26-18-13(8-9-24-18)17(25-26)12-6-7-15(20)14(10-12)19(21,22)23/h2-7,10,24H,8-9H2,1H3. The van der Waals surface area contributed by atoms with Crippen LogP contribution < -0.4 is 5.32 Å². The Bertz CT molecular complexity index is 992. The van der Waals surface area contributed by atoms with Crippen molar-refractivity contribution in [3.05, 3.63) is 64.2 Å². The normalized spacial score (nSPS) is 13.6. The second-order valence-corrected chi connectivity index (χ2v) is 6.65. The van der Waals surface area contributed by atoms with Crippen molar-refractivity contribution < 1.29 is 13.2 Å². The highest BCUT2D eigenvalue weighted by Crippen LogP contribution is 2.40. The summed E-state index contributed by atoms with van der Waals surface area (Å²) in [6, 6.07) is 11.7. The number of para-hydroxylation sites is 1. The van der Waals surface area contributed by atoms with E-state index in [-0.39, 0.29) is 5.02 Å². The van der Waals surface area contributed by atoms with Gasteiger partial charge in [0.2, 0.25) is 0 Å². The van der Waals surface area contributed by atoms with Crippen LogP contribution in [0.3, 0.4) is 0 Å². The summed E-state index contributed by atoms with van der Waals surface area (Å²) >= 11 is 5.75. The second kappa shape index (κ2) is 6.06. The first-order valence-corrected chi connectivity index (χ1v) is 8.53. The first-order chi connectivity index (χ1) is 12.4. The van der Waals surface area contributed by atoms with E-state index in [1.54, 1.807) is 10.7 Å². The van der Waals surface area contributed by atoms with Gasteiger partial charge in [0.15, 0.2) is 0 Å². The Morgan fingerprint density at radius 3 is 2.65 bits per heavy atom. The van der Waals surface area contributed by atoms with Crippen molar-refractivity contribution in [2.75, 3.05) is 11.9 Å². The Hall–Kier alpha value is -2.47. The van der Waals surface area contributed by atoms with E-state index in [1.165, 1.54) is 6.07 Å². The fourth-order valence-electron chi connectivity index (χ4n) is 3.27. The van der Waals surface area contributed by atoms with Gasteiger partial charge in [-0.25, -0.2) is 4.68 Å². The third-order valence-corrected chi connectivity index (χ3v) is 4.87. The highest BCUT2D eigenvalue weighted by Gasteiger charge is 2.34. The van der Waals surface area contributed by atoms with Crippen molar-refractivity contribution in [3.8, 4) is 16.9 Å². The predicted octanol–water partition coefficient (Wildman–Crippen LogP) is 5.49. The third-order valence-electron chi connectivity index (χ3n) is 4.54. The molecule has 0 atom stereocenters. The van der Waals surface area contributed by atoms with Crippen LogP contribution in [0.25, 0.3) is 16.9 Å². The molecule has 134 valence electrons. The summed E-state index contributed by atoms with van der Waals surface area (Å²) in [7, 11) is 0. The lowest BCUT2D eigenvalue weighted by atomic mass is 10.0. The highest BCUT2D eigenvalue weighted by atomic mass is 35.5. The molecule has 0 bridgehead atoms. The number of nitrogens with zero attached hydrogens (tertiary/aromatic N) is 2. The van der Waals surface area contributed by atoms with Gasteiger partial charge in [0, 0.05) is 17.7 Å². The summed E-state index contributed by atoms with van der Waals surface area (Å²) in [5.41, 5.74) is 2.97. The van der Waals surface area contributed by atoms with Crippen LogP contribution in [0.1, 0.15) is 16.7 Å². The zero-order chi connectivity index (χ0) is 18.5. The number of nitrogens with one attached hydrogen (secondary N) is 1. The molecule has 3 aromatic rings. The number of hydrogen-bond donors (Lipinski definition) is 1. The molecule has 2 heterocycles. The summed E-state index contributed by atoms with van der Waals surface area (Å²) < 4.78 is 41.4. The molecule has 0 spiro atoms. The molecule has 0 aliphatic carbocycles. The largest absolute Gasteiger partial charge is 0.417 e. The lowest BCUT2D eigenvalue weighted by molar-refractivity contribution is -0.137. The first-order valence-electron chi connectivity index (χ1n) is 8.15. The van der Waals surface area contributed by atoms with Crippen molar-refractivity contribution >= 4 is 17.4 Å². The average molecular weight is 378 g/mol. The van der Waals surface area contributed by atoms with Gasteiger partial charge < -0.3 is 5.32 Å². The number of halogens is 4. The van der Waals surface area contributed by atoms with Gasteiger partial charge >= 0.3 is 6.18 Å². The molecule has 0 amide bonds. The summed E-state index contributed by atoms with van der Waals surface area (Å²) in [5.74, 6) is 0.831. The summed E-state index contributed by atoms with van der Waals surface area (Å²) in [6.07, 6.45) is -3.80. The van der Waals surface area contributed by atoms with Crippen LogP contribution in [0.2, 0.25) is 5.02 Å². The van der Waals surface area contributed by atoms with Gasteiger partial charge in [-0.15, -0.1) is 0 Å². The van der Waals surface area contributed by atoms with Crippen LogP contribution in [0.15, 0.2) is 42.5 Å². The van der Waals surface area contributed by atoms with Gasteiger partial charge in [-0.1, -0.05) is 35.9 Å². The van der Waals surface area contributed by atoms with E-state index < -0.39 is 11.7 Å². The van der Waals surface area contributed by atoms with Crippen LogP contribution in [0.5, 0.6) is 0 Å². The molecule has 1 aromatic heterocycles. The van der Waals surface area contributed by atoms with E-state index in [1.807, 2.05) is 31.2 Å². The molecule has 0 radical (unpaired) electrons. The lowest BCUT2D eigenvalue weighted by Crippen LogP contribution is -2.07. The van der Waals surface area contributed by atoms with E-state index in [0.717, 1.165) is 35.2 Å². The Morgan fingerprint density at radius 1 is 1.15 bits per heavy atom. The lowest BCUT2D eigenvalue weighted by Gasteiger charge is -2.11. The number of fused-ring (bicyclic) bond motifs is 1. The van der Waals surface area contributed by atoms with Crippen LogP contribution >= 0.6 is 11.6 Å². The highest BCUT2D eigenvalue weighted by molar-refractivity contribution is 6.31. The molecular formula is C19H15ClF3N3. The number of alkyl halides is 3. The number of benzene rings is 2. The van der Waals surface area contributed by atoms with E-state index >= 15 is 0 Å². The van der Waals surface area contributed by atoms with Gasteiger partial charge in [0.05, 0.1) is 22.0 Å². The van der Waals surface area contributed by atoms with Crippen molar-refractivity contribution in [1.29, 1.82) is 0 Å². The van der Waals surface area contributed by atoms with Crippen LogP contribution in [0, 0.1) is 6.92 Å². The molecule has 26 heavy (non-hydrogen) atoms. The smallest absolute Gasteiger partial charge is 0.369 e. The van der Waals surface area contributed by atoms with E-state index in [9.17, 15) is 13.2 Å². The molecule has 1 aliphatic heterocycles. The van der Waals surface area contributed by atoms with Crippen LogP contribution in [-0.2, 0) is 12.6 Å². The van der Waals surface area contributed by atoms with Crippen molar-refractivity contribution in [2.24, 2.45) is 0 Å². The van der Waals surface area contributed by atoms with Crippen molar-refractivity contribution in [2.45, 2.75) is 19.5 Å². The maximum Gasteiger partial charge on any atom is 0.417 e. The molecule has 4 rings (SSSR count). The van der Waals surface area contributed by atoms with Gasteiger partial charge in [0.25, 0.3) is 0 Å². The maximum absolute atomic E-state index is 13.2. The minimum Gasteiger partial charge on any atom is -0.369 e. The van der Waals surface area contributed by atoms with Crippen molar-refractivity contribution in [1.82, 2.24) is 9.78 Å². The van der Waals surface area contributed by atoms with E-state index in [0.29, 0.717) is 17.7 Å². The Kier molecular flexibility index (Phi) is 3.95. The molecule has 1 N–H and O–H groups in total. The number of anilines is 1. The third kappa shape index (κ3) is 2.74. The Balaban J connectivity index is 1.90. The number of aromatic nitrogens is 2. The summed E-state index contributed by atoms with van der Waals surface area (Å²) in [4.78, 5) is 0. The Labute approximate surface area is 153 Å². The van der Waals surface area contributed by atoms with Gasteiger partial charge in [-0.3, -0.25) is 0 Å². The van der Waals surface area contributed by atoms with Crippen LogP contribution in [0.4, 0.5) is 19.0 Å². The number of rotatable bonds is 2. The van der Waals surface area contributed by atoms with Gasteiger partial charge in [-0.2, -0.15) is 18.3 Å². The first kappa shape index (κ1) is 17.0. The maximum atomic E-state index is 13.2. The number of aryl methyl sites for hydroxylation is 1. The molecule has 2 aromatic carbocycles. The second-order valence-electron chi connectivity index (χ2n) is 6.24. The minimum absolute atomic E-state index is 0.311. The van der Waals surface area contributed by atoms with Gasteiger partial charge in [0.1, 0.15) is 5.82 Å². The number of hydrogen-bond acceptors (Lipinski definition) is 2. The molecule has 3 nitrogen and oxygen atoms in total. The van der Waals surface area contributed by atoms with Crippen LogP contribution in [-0.4, -0.2) is 16.3 Å². The van der Waals surface area contributed by atoms with E-state index in [4.69, 9.17) is 11.6 Å². The molecule has 0 saturated heterocycles. The zero-order valence-electron chi connectivity index (χ0n) is 13.9. The molecule has 0 fully saturated rings. The van der Waals surface area contributed by atoms with Crippen molar-refractivity contribution in [3.63, 3.8) is 0 Å². The topological polar surface area (TPSA) is 29.9 Å². The van der Waals surface area contributed by atoms with Gasteiger partial charge in [-0.05, 0) is 37.1 Å². The summed E-state index contributed by atoms with van der Waals surface area (Å²) in [6.45, 7) is 2.70. The summed E-state index contributed by atoms with van der Waals surface area (Å²) in [5, 5.41) is 7.61. The molecule has 7 heteroatoms. The monoisotopic (exact) mass is 377 g/mol. The fourth-order valence-corrected chi connectivity index (χ4v) is 3.50. The fraction of sp³-hybridized carbons (Fsp3) is 0.211. The molecular weight excluding hydrogens is 363 g/mol. The molecule has 0 unspecified atom stereocenters. The zero-order valence-corrected chi connectivity index (χ0v) is 14.6. The SMILES string of the molecule is Cc1ccccc1-n1nc(-c2ccc(Cl)c(C(F)(F)F)c2)c2c1NCC2.